The third-order valence-electron chi connectivity index (χ3n) is 4.71. The molecule has 1 aromatic carbocycles. The van der Waals surface area contributed by atoms with E-state index in [0.717, 1.165) is 25.8 Å². The van der Waals surface area contributed by atoms with Gasteiger partial charge in [-0.1, -0.05) is 30.3 Å². The quantitative estimate of drug-likeness (QED) is 0.913. The Morgan fingerprint density at radius 1 is 1.20 bits per heavy atom. The predicted molar refractivity (Wildman–Crippen MR) is 80.6 cm³/mol. The number of carbonyl (C=O) groups is 1. The molecule has 1 amide bonds. The van der Waals surface area contributed by atoms with E-state index in [-0.39, 0.29) is 6.04 Å². The first-order valence-electron chi connectivity index (χ1n) is 7.76. The van der Waals surface area contributed by atoms with E-state index in [0.29, 0.717) is 23.9 Å². The highest BCUT2D eigenvalue weighted by Gasteiger charge is 2.37. The monoisotopic (exact) mass is 272 g/mol. The summed E-state index contributed by atoms with van der Waals surface area (Å²) < 4.78 is 0. The zero-order chi connectivity index (χ0) is 14.1. The zero-order valence-electron chi connectivity index (χ0n) is 12.4. The third-order valence-corrected chi connectivity index (χ3v) is 4.71. The molecular weight excluding hydrogens is 248 g/mol. The molecule has 3 nitrogen and oxygen atoms in total. The summed E-state index contributed by atoms with van der Waals surface area (Å²) in [7, 11) is 0. The number of amides is 1. The Hall–Kier alpha value is -1.35. The first kappa shape index (κ1) is 13.6. The van der Waals surface area contributed by atoms with Crippen LogP contribution in [0.4, 0.5) is 0 Å². The molecule has 1 N–H and O–H groups in total. The van der Waals surface area contributed by atoms with Crippen LogP contribution in [0, 0.1) is 0 Å². The second kappa shape index (κ2) is 5.57. The van der Waals surface area contributed by atoms with Crippen molar-refractivity contribution in [3.8, 4) is 0 Å². The van der Waals surface area contributed by atoms with Crippen molar-refractivity contribution < 1.29 is 4.79 Å². The molecule has 1 saturated heterocycles. The number of nitrogens with zero attached hydrogens (tertiary/aromatic N) is 1. The van der Waals surface area contributed by atoms with E-state index in [2.05, 4.69) is 49.5 Å². The molecule has 3 heteroatoms. The summed E-state index contributed by atoms with van der Waals surface area (Å²) in [4.78, 5) is 14.2. The molecule has 0 bridgehead atoms. The van der Waals surface area contributed by atoms with Crippen LogP contribution in [0.25, 0.3) is 0 Å². The lowest BCUT2D eigenvalue weighted by Crippen LogP contribution is -2.49. The lowest BCUT2D eigenvalue weighted by atomic mass is 9.75. The van der Waals surface area contributed by atoms with Crippen LogP contribution in [0.5, 0.6) is 0 Å². The minimum atomic E-state index is 0.0547. The summed E-state index contributed by atoms with van der Waals surface area (Å²) in [6.45, 7) is 5.09. The Bertz CT molecular complexity index is 465. The Balaban J connectivity index is 1.49. The summed E-state index contributed by atoms with van der Waals surface area (Å²) in [5, 5.41) is 3.56. The molecule has 1 aliphatic carbocycles. The van der Waals surface area contributed by atoms with Crippen molar-refractivity contribution in [2.24, 2.45) is 0 Å². The van der Waals surface area contributed by atoms with Crippen molar-refractivity contribution in [2.45, 2.75) is 57.2 Å². The van der Waals surface area contributed by atoms with Crippen molar-refractivity contribution >= 4 is 5.91 Å². The predicted octanol–water partition coefficient (Wildman–Crippen LogP) is 2.53. The van der Waals surface area contributed by atoms with Gasteiger partial charge in [-0.25, -0.2) is 0 Å². The van der Waals surface area contributed by atoms with Gasteiger partial charge in [0.15, 0.2) is 0 Å². The van der Waals surface area contributed by atoms with Crippen LogP contribution in [-0.4, -0.2) is 35.5 Å². The topological polar surface area (TPSA) is 32.3 Å². The van der Waals surface area contributed by atoms with Crippen LogP contribution < -0.4 is 5.32 Å². The van der Waals surface area contributed by atoms with Gasteiger partial charge in [-0.3, -0.25) is 4.79 Å². The molecule has 3 rings (SSSR count). The van der Waals surface area contributed by atoms with Gasteiger partial charge >= 0.3 is 0 Å². The maximum atomic E-state index is 12.2. The van der Waals surface area contributed by atoms with Gasteiger partial charge in [-0.15, -0.1) is 0 Å². The fraction of sp³-hybridized carbons (Fsp3) is 0.588. The molecule has 1 aromatic rings. The van der Waals surface area contributed by atoms with E-state index in [4.69, 9.17) is 0 Å². The molecule has 108 valence electrons. The Labute approximate surface area is 121 Å². The van der Waals surface area contributed by atoms with Crippen LogP contribution in [0.3, 0.4) is 0 Å². The number of carbonyl (C=O) groups excluding carboxylic acids is 1. The molecule has 0 aromatic heterocycles. The van der Waals surface area contributed by atoms with E-state index >= 15 is 0 Å². The SMILES string of the molecule is CC(C)N1CC[C@@H](NC2CC(c3ccccc3)C2)C1=O. The maximum Gasteiger partial charge on any atom is 0.240 e. The molecule has 0 radical (unpaired) electrons. The van der Waals surface area contributed by atoms with Gasteiger partial charge in [-0.2, -0.15) is 0 Å². The molecule has 2 fully saturated rings. The van der Waals surface area contributed by atoms with Gasteiger partial charge in [-0.05, 0) is 44.6 Å². The maximum absolute atomic E-state index is 12.2. The number of likely N-dealkylation sites (tertiary alicyclic amines) is 1. The number of hydrogen-bond acceptors (Lipinski definition) is 2. The first-order chi connectivity index (χ1) is 9.65. The smallest absolute Gasteiger partial charge is 0.240 e. The standard InChI is InChI=1S/C17H24N2O/c1-12(2)19-9-8-16(17(19)20)18-15-10-14(11-15)13-6-4-3-5-7-13/h3-7,12,14-16,18H,8-11H2,1-2H3/t14?,15?,16-/m1/s1. The Morgan fingerprint density at radius 2 is 1.90 bits per heavy atom. The number of hydrogen-bond donors (Lipinski definition) is 1. The largest absolute Gasteiger partial charge is 0.339 e. The highest BCUT2D eigenvalue weighted by Crippen LogP contribution is 2.37. The van der Waals surface area contributed by atoms with Crippen molar-refractivity contribution in [1.29, 1.82) is 0 Å². The number of benzene rings is 1. The fourth-order valence-corrected chi connectivity index (χ4v) is 3.41. The molecule has 20 heavy (non-hydrogen) atoms. The summed E-state index contributed by atoms with van der Waals surface area (Å²) in [6.07, 6.45) is 3.29. The van der Waals surface area contributed by atoms with E-state index in [1.165, 1.54) is 5.56 Å². The minimum Gasteiger partial charge on any atom is -0.339 e. The van der Waals surface area contributed by atoms with Crippen molar-refractivity contribution in [3.05, 3.63) is 35.9 Å². The van der Waals surface area contributed by atoms with Gasteiger partial charge < -0.3 is 10.2 Å². The molecule has 2 aliphatic rings. The van der Waals surface area contributed by atoms with Crippen LogP contribution in [-0.2, 0) is 4.79 Å². The van der Waals surface area contributed by atoms with Gasteiger partial charge in [0, 0.05) is 18.6 Å². The second-order valence-corrected chi connectivity index (χ2v) is 6.41. The minimum absolute atomic E-state index is 0.0547. The summed E-state index contributed by atoms with van der Waals surface area (Å²) >= 11 is 0. The fourth-order valence-electron chi connectivity index (χ4n) is 3.41. The van der Waals surface area contributed by atoms with Gasteiger partial charge in [0.25, 0.3) is 0 Å². The normalized spacial score (nSPS) is 29.9. The molecule has 1 atom stereocenters. The first-order valence-corrected chi connectivity index (χ1v) is 7.76. The lowest BCUT2D eigenvalue weighted by molar-refractivity contribution is -0.131. The van der Waals surface area contributed by atoms with Crippen LogP contribution in [0.1, 0.15) is 44.6 Å². The molecular formula is C17H24N2O. The van der Waals surface area contributed by atoms with E-state index in [1.807, 2.05) is 4.90 Å². The Morgan fingerprint density at radius 3 is 2.50 bits per heavy atom. The molecule has 0 unspecified atom stereocenters. The van der Waals surface area contributed by atoms with E-state index in [9.17, 15) is 4.79 Å². The zero-order valence-corrected chi connectivity index (χ0v) is 12.4. The second-order valence-electron chi connectivity index (χ2n) is 6.41. The summed E-state index contributed by atoms with van der Waals surface area (Å²) in [5.74, 6) is 0.967. The molecule has 1 saturated carbocycles. The summed E-state index contributed by atoms with van der Waals surface area (Å²) in [6, 6.07) is 11.6. The number of nitrogens with one attached hydrogen (secondary N) is 1. The van der Waals surface area contributed by atoms with Crippen molar-refractivity contribution in [1.82, 2.24) is 10.2 Å². The number of rotatable bonds is 4. The highest BCUT2D eigenvalue weighted by molar-refractivity contribution is 5.84. The lowest BCUT2D eigenvalue weighted by Gasteiger charge is -2.37. The molecule has 1 heterocycles. The average molecular weight is 272 g/mol. The van der Waals surface area contributed by atoms with E-state index < -0.39 is 0 Å². The van der Waals surface area contributed by atoms with Gasteiger partial charge in [0.05, 0.1) is 6.04 Å². The third kappa shape index (κ3) is 2.59. The van der Waals surface area contributed by atoms with Crippen LogP contribution in [0.2, 0.25) is 0 Å². The van der Waals surface area contributed by atoms with E-state index in [1.54, 1.807) is 0 Å². The van der Waals surface area contributed by atoms with Gasteiger partial charge in [0.1, 0.15) is 0 Å². The Kier molecular flexibility index (Phi) is 3.79. The van der Waals surface area contributed by atoms with Crippen molar-refractivity contribution in [2.75, 3.05) is 6.54 Å². The van der Waals surface area contributed by atoms with Crippen LogP contribution >= 0.6 is 0 Å². The van der Waals surface area contributed by atoms with Crippen molar-refractivity contribution in [3.63, 3.8) is 0 Å². The highest BCUT2D eigenvalue weighted by atomic mass is 16.2. The average Bonchev–Trinajstić information content (AvgIpc) is 2.76. The van der Waals surface area contributed by atoms with Gasteiger partial charge in [0.2, 0.25) is 5.91 Å². The van der Waals surface area contributed by atoms with Crippen LogP contribution in [0.15, 0.2) is 30.3 Å². The molecule has 0 spiro atoms. The molecule has 1 aliphatic heterocycles. The summed E-state index contributed by atoms with van der Waals surface area (Å²) in [5.41, 5.74) is 1.44.